The third-order valence-electron chi connectivity index (χ3n) is 4.56. The molecule has 0 bridgehead atoms. The molecule has 0 amide bonds. The lowest BCUT2D eigenvalue weighted by molar-refractivity contribution is -0.0332. The van der Waals surface area contributed by atoms with Gasteiger partial charge in [-0.3, -0.25) is 9.58 Å². The molecule has 5 nitrogen and oxygen atoms in total. The van der Waals surface area contributed by atoms with Gasteiger partial charge in [-0.05, 0) is 39.3 Å². The van der Waals surface area contributed by atoms with Gasteiger partial charge in [0.1, 0.15) is 0 Å². The molecule has 19 heavy (non-hydrogen) atoms. The van der Waals surface area contributed by atoms with Crippen LogP contribution >= 0.6 is 0 Å². The van der Waals surface area contributed by atoms with E-state index >= 15 is 0 Å². The number of likely N-dealkylation sites (tertiary alicyclic amines) is 1. The number of aliphatic hydroxyl groups is 1. The van der Waals surface area contributed by atoms with Crippen molar-refractivity contribution in [2.45, 2.75) is 57.6 Å². The zero-order chi connectivity index (χ0) is 13.9. The smallest absolute Gasteiger partial charge is 0.0853 e. The lowest BCUT2D eigenvalue weighted by Gasteiger charge is -2.46. The Kier molecular flexibility index (Phi) is 4.58. The van der Waals surface area contributed by atoms with Gasteiger partial charge in [0.05, 0.1) is 11.8 Å². The fourth-order valence-electron chi connectivity index (χ4n) is 2.98. The van der Waals surface area contributed by atoms with Crippen LogP contribution in [0.4, 0.5) is 0 Å². The van der Waals surface area contributed by atoms with Gasteiger partial charge in [0, 0.05) is 25.2 Å². The summed E-state index contributed by atoms with van der Waals surface area (Å²) >= 11 is 0. The molecule has 1 aliphatic rings. The lowest BCUT2D eigenvalue weighted by atomic mass is 9.85. The van der Waals surface area contributed by atoms with E-state index in [1.807, 2.05) is 13.2 Å². The van der Waals surface area contributed by atoms with Crippen LogP contribution in [0.2, 0.25) is 0 Å². The molecule has 1 saturated heterocycles. The second-order valence-electron chi connectivity index (χ2n) is 5.86. The number of nitrogens with zero attached hydrogens (tertiary/aromatic N) is 4. The Bertz CT molecular complexity index is 400. The third-order valence-corrected chi connectivity index (χ3v) is 4.56. The first-order chi connectivity index (χ1) is 9.06. The van der Waals surface area contributed by atoms with Gasteiger partial charge < -0.3 is 5.11 Å². The zero-order valence-electron chi connectivity index (χ0n) is 12.3. The molecule has 1 aliphatic heterocycles. The molecule has 108 valence electrons. The Labute approximate surface area is 115 Å². The van der Waals surface area contributed by atoms with E-state index in [2.05, 4.69) is 29.1 Å². The van der Waals surface area contributed by atoms with Crippen LogP contribution in [0, 0.1) is 0 Å². The maximum absolute atomic E-state index is 10.7. The van der Waals surface area contributed by atoms with Crippen molar-refractivity contribution in [2.24, 2.45) is 7.05 Å². The third kappa shape index (κ3) is 3.15. The number of piperidine rings is 1. The highest BCUT2D eigenvalue weighted by Gasteiger charge is 2.38. The topological polar surface area (TPSA) is 54.2 Å². The van der Waals surface area contributed by atoms with Crippen molar-refractivity contribution in [3.8, 4) is 0 Å². The van der Waals surface area contributed by atoms with E-state index in [0.29, 0.717) is 6.42 Å². The van der Waals surface area contributed by atoms with Crippen molar-refractivity contribution in [3.05, 3.63) is 11.9 Å². The van der Waals surface area contributed by atoms with E-state index in [4.69, 9.17) is 0 Å². The molecular formula is C14H26N4O. The fourth-order valence-corrected chi connectivity index (χ4v) is 2.98. The molecule has 0 aliphatic carbocycles. The number of aromatic nitrogens is 3. The van der Waals surface area contributed by atoms with Gasteiger partial charge in [-0.25, -0.2) is 0 Å². The van der Waals surface area contributed by atoms with Crippen LogP contribution < -0.4 is 0 Å². The highest BCUT2D eigenvalue weighted by Crippen LogP contribution is 2.28. The SMILES string of the molecule is CCC(C)(C(O)Cc1cn(C)nn1)N1CCCCC1. The minimum Gasteiger partial charge on any atom is -0.391 e. The number of hydrogen-bond acceptors (Lipinski definition) is 4. The number of aryl methyl sites for hydroxylation is 1. The quantitative estimate of drug-likeness (QED) is 0.874. The number of hydrogen-bond donors (Lipinski definition) is 1. The number of aliphatic hydroxyl groups excluding tert-OH is 1. The van der Waals surface area contributed by atoms with Crippen LogP contribution in [0.3, 0.4) is 0 Å². The summed E-state index contributed by atoms with van der Waals surface area (Å²) in [4.78, 5) is 2.46. The average molecular weight is 266 g/mol. The Hall–Kier alpha value is -0.940. The van der Waals surface area contributed by atoms with E-state index < -0.39 is 6.10 Å². The van der Waals surface area contributed by atoms with E-state index in [1.54, 1.807) is 4.68 Å². The molecule has 1 fully saturated rings. The predicted molar refractivity (Wildman–Crippen MR) is 74.8 cm³/mol. The summed E-state index contributed by atoms with van der Waals surface area (Å²) in [6, 6.07) is 0. The largest absolute Gasteiger partial charge is 0.391 e. The molecule has 1 N–H and O–H groups in total. The van der Waals surface area contributed by atoms with Crippen molar-refractivity contribution in [1.29, 1.82) is 0 Å². The fraction of sp³-hybridized carbons (Fsp3) is 0.857. The van der Waals surface area contributed by atoms with Crippen LogP contribution in [-0.2, 0) is 13.5 Å². The first kappa shape index (κ1) is 14.5. The van der Waals surface area contributed by atoms with Crippen molar-refractivity contribution >= 4 is 0 Å². The maximum atomic E-state index is 10.7. The van der Waals surface area contributed by atoms with Gasteiger partial charge in [0.2, 0.25) is 0 Å². The molecule has 2 atom stereocenters. The lowest BCUT2D eigenvalue weighted by Crippen LogP contribution is -2.56. The van der Waals surface area contributed by atoms with Gasteiger partial charge in [0.25, 0.3) is 0 Å². The van der Waals surface area contributed by atoms with Crippen LogP contribution in [0.25, 0.3) is 0 Å². The molecule has 1 aromatic rings. The minimum absolute atomic E-state index is 0.155. The van der Waals surface area contributed by atoms with Crippen molar-refractivity contribution < 1.29 is 5.11 Å². The van der Waals surface area contributed by atoms with Crippen LogP contribution in [-0.4, -0.2) is 49.7 Å². The van der Waals surface area contributed by atoms with Crippen LogP contribution in [0.1, 0.15) is 45.2 Å². The standard InChI is InChI=1S/C14H26N4O/c1-4-14(2,18-8-6-5-7-9-18)13(19)10-12-11-17(3)16-15-12/h11,13,19H,4-10H2,1-3H3. The minimum atomic E-state index is -0.396. The molecule has 2 unspecified atom stereocenters. The molecule has 5 heteroatoms. The second kappa shape index (κ2) is 6.01. The van der Waals surface area contributed by atoms with Crippen LogP contribution in [0.15, 0.2) is 6.20 Å². The van der Waals surface area contributed by atoms with Crippen molar-refractivity contribution in [1.82, 2.24) is 19.9 Å². The molecule has 0 aromatic carbocycles. The van der Waals surface area contributed by atoms with E-state index in [-0.39, 0.29) is 5.54 Å². The first-order valence-corrected chi connectivity index (χ1v) is 7.34. The summed E-state index contributed by atoms with van der Waals surface area (Å²) < 4.78 is 1.69. The maximum Gasteiger partial charge on any atom is 0.0853 e. The average Bonchev–Trinajstić information content (AvgIpc) is 2.84. The summed E-state index contributed by atoms with van der Waals surface area (Å²) in [5.41, 5.74) is 0.712. The second-order valence-corrected chi connectivity index (χ2v) is 5.86. The van der Waals surface area contributed by atoms with E-state index in [1.165, 1.54) is 19.3 Å². The Balaban J connectivity index is 2.06. The summed E-state index contributed by atoms with van der Waals surface area (Å²) in [5, 5.41) is 18.7. The van der Waals surface area contributed by atoms with Gasteiger partial charge in [-0.2, -0.15) is 0 Å². The normalized spacial score (nSPS) is 22.1. The van der Waals surface area contributed by atoms with Gasteiger partial charge >= 0.3 is 0 Å². The summed E-state index contributed by atoms with van der Waals surface area (Å²) in [6.07, 6.45) is 6.82. The predicted octanol–water partition coefficient (Wildman–Crippen LogP) is 1.37. The number of rotatable bonds is 5. The molecule has 0 spiro atoms. The van der Waals surface area contributed by atoms with E-state index in [0.717, 1.165) is 25.2 Å². The Morgan fingerprint density at radius 3 is 2.58 bits per heavy atom. The molecule has 0 radical (unpaired) electrons. The zero-order valence-corrected chi connectivity index (χ0v) is 12.3. The highest BCUT2D eigenvalue weighted by atomic mass is 16.3. The molecule has 0 saturated carbocycles. The molecule has 2 rings (SSSR count). The van der Waals surface area contributed by atoms with Gasteiger partial charge in [0.15, 0.2) is 0 Å². The van der Waals surface area contributed by atoms with Gasteiger partial charge in [-0.1, -0.05) is 18.6 Å². The summed E-state index contributed by atoms with van der Waals surface area (Å²) in [6.45, 7) is 6.54. The molecule has 2 heterocycles. The molecule has 1 aromatic heterocycles. The molecular weight excluding hydrogens is 240 g/mol. The Morgan fingerprint density at radius 1 is 1.37 bits per heavy atom. The van der Waals surface area contributed by atoms with Gasteiger partial charge in [-0.15, -0.1) is 5.10 Å². The highest BCUT2D eigenvalue weighted by molar-refractivity contribution is 5.02. The van der Waals surface area contributed by atoms with Crippen LogP contribution in [0.5, 0.6) is 0 Å². The van der Waals surface area contributed by atoms with Crippen molar-refractivity contribution in [3.63, 3.8) is 0 Å². The summed E-state index contributed by atoms with van der Waals surface area (Å²) in [5.74, 6) is 0. The van der Waals surface area contributed by atoms with Crippen molar-refractivity contribution in [2.75, 3.05) is 13.1 Å². The monoisotopic (exact) mass is 266 g/mol. The Morgan fingerprint density at radius 2 is 2.05 bits per heavy atom. The van der Waals surface area contributed by atoms with E-state index in [9.17, 15) is 5.11 Å². The first-order valence-electron chi connectivity index (χ1n) is 7.34. The summed E-state index contributed by atoms with van der Waals surface area (Å²) in [7, 11) is 1.85.